The van der Waals surface area contributed by atoms with Crippen LogP contribution in [-0.2, 0) is 11.2 Å². The number of hydrogen-bond acceptors (Lipinski definition) is 3. The predicted molar refractivity (Wildman–Crippen MR) is 99.9 cm³/mol. The molecule has 6 heteroatoms. The van der Waals surface area contributed by atoms with Gasteiger partial charge in [-0.25, -0.2) is 0 Å². The lowest BCUT2D eigenvalue weighted by Crippen LogP contribution is -2.41. The fraction of sp³-hybridized carbons (Fsp3) is 0.562. The first kappa shape index (κ1) is 19.0. The Hall–Kier alpha value is -1.02. The molecule has 0 amide bonds. The van der Waals surface area contributed by atoms with Crippen LogP contribution in [0.15, 0.2) is 40.5 Å². The van der Waals surface area contributed by atoms with Crippen LogP contribution in [0.4, 0.5) is 0 Å². The molecule has 1 fully saturated rings. The van der Waals surface area contributed by atoms with Crippen molar-refractivity contribution in [2.75, 3.05) is 39.9 Å². The van der Waals surface area contributed by atoms with Gasteiger partial charge in [0.1, 0.15) is 5.76 Å². The summed E-state index contributed by atoms with van der Waals surface area (Å²) in [6.07, 6.45) is 5.48. The van der Waals surface area contributed by atoms with E-state index in [4.69, 9.17) is 9.15 Å². The lowest BCUT2D eigenvalue weighted by molar-refractivity contribution is 0.181. The van der Waals surface area contributed by atoms with Crippen molar-refractivity contribution >= 4 is 29.9 Å². The summed E-state index contributed by atoms with van der Waals surface area (Å²) in [6, 6.07) is 3.88. The van der Waals surface area contributed by atoms with Gasteiger partial charge in [-0.3, -0.25) is 4.99 Å². The Morgan fingerprint density at radius 1 is 1.59 bits per heavy atom. The smallest absolute Gasteiger partial charge is 0.193 e. The summed E-state index contributed by atoms with van der Waals surface area (Å²) in [4.78, 5) is 6.83. The largest absolute Gasteiger partial charge is 0.469 e. The fourth-order valence-electron chi connectivity index (χ4n) is 2.40. The summed E-state index contributed by atoms with van der Waals surface area (Å²) in [5.41, 5.74) is 0. The third-order valence-electron chi connectivity index (χ3n) is 3.52. The molecule has 1 unspecified atom stereocenters. The van der Waals surface area contributed by atoms with Gasteiger partial charge in [0.2, 0.25) is 0 Å². The molecule has 5 nitrogen and oxygen atoms in total. The Bertz CT molecular complexity index is 442. The Morgan fingerprint density at radius 2 is 2.45 bits per heavy atom. The first-order valence-corrected chi connectivity index (χ1v) is 7.50. The molecule has 0 aromatic carbocycles. The second-order valence-electron chi connectivity index (χ2n) is 5.31. The molecular weight excluding hydrogens is 393 g/mol. The zero-order valence-electron chi connectivity index (χ0n) is 13.2. The van der Waals surface area contributed by atoms with E-state index in [9.17, 15) is 0 Å². The maximum atomic E-state index is 5.43. The van der Waals surface area contributed by atoms with E-state index in [2.05, 4.69) is 28.8 Å². The van der Waals surface area contributed by atoms with Crippen LogP contribution < -0.4 is 5.32 Å². The summed E-state index contributed by atoms with van der Waals surface area (Å²) < 4.78 is 10.8. The lowest BCUT2D eigenvalue weighted by atomic mass is 10.1. The average Bonchev–Trinajstić information content (AvgIpc) is 3.15. The van der Waals surface area contributed by atoms with Crippen molar-refractivity contribution < 1.29 is 9.15 Å². The number of nitrogens with zero attached hydrogens (tertiary/aromatic N) is 2. The third kappa shape index (κ3) is 6.39. The van der Waals surface area contributed by atoms with Gasteiger partial charge in [0.25, 0.3) is 0 Å². The maximum Gasteiger partial charge on any atom is 0.193 e. The molecule has 0 radical (unpaired) electrons. The maximum absolute atomic E-state index is 5.43. The van der Waals surface area contributed by atoms with E-state index in [1.54, 1.807) is 6.26 Å². The van der Waals surface area contributed by atoms with Gasteiger partial charge in [0, 0.05) is 45.6 Å². The molecule has 0 saturated carbocycles. The van der Waals surface area contributed by atoms with Crippen LogP contribution >= 0.6 is 24.0 Å². The van der Waals surface area contributed by atoms with Crippen molar-refractivity contribution in [1.82, 2.24) is 10.2 Å². The molecule has 2 rings (SSSR count). The highest BCUT2D eigenvalue weighted by atomic mass is 127. The van der Waals surface area contributed by atoms with Crippen molar-refractivity contribution in [3.05, 3.63) is 36.8 Å². The molecule has 1 N–H and O–H groups in total. The fourth-order valence-corrected chi connectivity index (χ4v) is 2.40. The molecule has 1 aromatic heterocycles. The van der Waals surface area contributed by atoms with Crippen LogP contribution in [0.5, 0.6) is 0 Å². The summed E-state index contributed by atoms with van der Waals surface area (Å²) in [7, 11) is 2.07. The van der Waals surface area contributed by atoms with Crippen LogP contribution in [-0.4, -0.2) is 50.8 Å². The van der Waals surface area contributed by atoms with E-state index in [1.807, 2.05) is 18.2 Å². The zero-order chi connectivity index (χ0) is 14.9. The van der Waals surface area contributed by atoms with Crippen molar-refractivity contribution in [3.63, 3.8) is 0 Å². The molecule has 0 bridgehead atoms. The summed E-state index contributed by atoms with van der Waals surface area (Å²) in [5, 5.41) is 3.31. The van der Waals surface area contributed by atoms with Crippen molar-refractivity contribution in [3.8, 4) is 0 Å². The van der Waals surface area contributed by atoms with Crippen LogP contribution in [0.1, 0.15) is 12.2 Å². The van der Waals surface area contributed by atoms with Gasteiger partial charge in [-0.05, 0) is 18.6 Å². The highest BCUT2D eigenvalue weighted by Gasteiger charge is 2.19. The standard InChI is InChI=1S/C16H25N3O2.HI/c1-3-8-17-16(18-9-6-15-5-4-10-21-15)19(2)12-14-7-11-20-13-14;/h3-5,10,14H,1,6-9,11-13H2,2H3,(H,17,18);1H. The SMILES string of the molecule is C=CCNC(=NCCc1ccco1)N(C)CC1CCOC1.I. The van der Waals surface area contributed by atoms with Crippen LogP contribution in [0.25, 0.3) is 0 Å². The van der Waals surface area contributed by atoms with Crippen LogP contribution in [0, 0.1) is 5.92 Å². The number of nitrogens with one attached hydrogen (secondary N) is 1. The zero-order valence-corrected chi connectivity index (χ0v) is 15.5. The topological polar surface area (TPSA) is 50.0 Å². The summed E-state index contributed by atoms with van der Waals surface area (Å²) in [5.74, 6) is 2.47. The van der Waals surface area contributed by atoms with Gasteiger partial charge < -0.3 is 19.4 Å². The highest BCUT2D eigenvalue weighted by Crippen LogP contribution is 2.13. The number of guanidine groups is 1. The molecule has 1 saturated heterocycles. The number of hydrogen-bond donors (Lipinski definition) is 1. The second kappa shape index (κ2) is 10.7. The minimum Gasteiger partial charge on any atom is -0.469 e. The van der Waals surface area contributed by atoms with E-state index in [0.717, 1.165) is 44.3 Å². The average molecular weight is 419 g/mol. The predicted octanol–water partition coefficient (Wildman–Crippen LogP) is 2.54. The molecule has 1 aliphatic heterocycles. The molecule has 0 spiro atoms. The van der Waals surface area contributed by atoms with E-state index >= 15 is 0 Å². The number of rotatable bonds is 7. The summed E-state index contributed by atoms with van der Waals surface area (Å²) in [6.45, 7) is 7.86. The monoisotopic (exact) mass is 419 g/mol. The van der Waals surface area contributed by atoms with E-state index < -0.39 is 0 Å². The number of aliphatic imine (C=N–C) groups is 1. The van der Waals surface area contributed by atoms with Gasteiger partial charge >= 0.3 is 0 Å². The Kier molecular flexibility index (Phi) is 9.22. The molecule has 22 heavy (non-hydrogen) atoms. The molecule has 1 aromatic rings. The number of halogens is 1. The Morgan fingerprint density at radius 3 is 3.09 bits per heavy atom. The first-order chi connectivity index (χ1) is 10.3. The van der Waals surface area contributed by atoms with E-state index in [0.29, 0.717) is 19.0 Å². The van der Waals surface area contributed by atoms with Gasteiger partial charge in [0.15, 0.2) is 5.96 Å². The van der Waals surface area contributed by atoms with Gasteiger partial charge in [-0.2, -0.15) is 0 Å². The Labute approximate surface area is 149 Å². The van der Waals surface area contributed by atoms with Gasteiger partial charge in [0.05, 0.1) is 12.9 Å². The minimum absolute atomic E-state index is 0. The highest BCUT2D eigenvalue weighted by molar-refractivity contribution is 14.0. The van der Waals surface area contributed by atoms with E-state index in [-0.39, 0.29) is 24.0 Å². The first-order valence-electron chi connectivity index (χ1n) is 7.50. The molecule has 1 atom stereocenters. The summed E-state index contributed by atoms with van der Waals surface area (Å²) >= 11 is 0. The van der Waals surface area contributed by atoms with Crippen molar-refractivity contribution in [2.24, 2.45) is 10.9 Å². The number of furan rings is 1. The van der Waals surface area contributed by atoms with Gasteiger partial charge in [-0.1, -0.05) is 6.08 Å². The molecule has 0 aliphatic carbocycles. The van der Waals surface area contributed by atoms with Crippen LogP contribution in [0.3, 0.4) is 0 Å². The van der Waals surface area contributed by atoms with Crippen molar-refractivity contribution in [2.45, 2.75) is 12.8 Å². The third-order valence-corrected chi connectivity index (χ3v) is 3.52. The minimum atomic E-state index is 0. The van der Waals surface area contributed by atoms with Gasteiger partial charge in [-0.15, -0.1) is 30.6 Å². The molecule has 124 valence electrons. The number of ether oxygens (including phenoxy) is 1. The quantitative estimate of drug-likeness (QED) is 0.320. The molecular formula is C16H26IN3O2. The second-order valence-corrected chi connectivity index (χ2v) is 5.31. The van der Waals surface area contributed by atoms with Crippen molar-refractivity contribution in [1.29, 1.82) is 0 Å². The lowest BCUT2D eigenvalue weighted by Gasteiger charge is -2.24. The Balaban J connectivity index is 0.00000242. The molecule has 1 aliphatic rings. The molecule has 2 heterocycles. The normalized spacial score (nSPS) is 17.9. The van der Waals surface area contributed by atoms with E-state index in [1.165, 1.54) is 0 Å². The van der Waals surface area contributed by atoms with Crippen LogP contribution in [0.2, 0.25) is 0 Å².